The van der Waals surface area contributed by atoms with Crippen LogP contribution in [0.25, 0.3) is 11.1 Å². The molecule has 1 unspecified atom stereocenters. The molecule has 2 rings (SSSR count). The van der Waals surface area contributed by atoms with Gasteiger partial charge in [-0.05, 0) is 12.5 Å². The van der Waals surface area contributed by atoms with Gasteiger partial charge in [0.15, 0.2) is 0 Å². The van der Waals surface area contributed by atoms with Gasteiger partial charge in [0, 0.05) is 30.4 Å². The molecule has 1 heterocycles. The summed E-state index contributed by atoms with van der Waals surface area (Å²) in [5.74, 6) is 1.02. The van der Waals surface area contributed by atoms with Gasteiger partial charge in [-0.3, -0.25) is 0 Å². The van der Waals surface area contributed by atoms with Gasteiger partial charge < -0.3 is 5.73 Å². The Labute approximate surface area is 102 Å². The first-order valence-electron chi connectivity index (χ1n) is 5.79. The lowest BCUT2D eigenvalue weighted by Crippen LogP contribution is -2.11. The van der Waals surface area contributed by atoms with Crippen LogP contribution in [0.1, 0.15) is 24.2 Å². The molecule has 0 spiro atoms. The van der Waals surface area contributed by atoms with Crippen LogP contribution in [0, 0.1) is 6.92 Å². The zero-order valence-electron chi connectivity index (χ0n) is 10.2. The smallest absolute Gasteiger partial charge is 0.132 e. The summed E-state index contributed by atoms with van der Waals surface area (Å²) >= 11 is 0. The van der Waals surface area contributed by atoms with Crippen LogP contribution in [-0.4, -0.2) is 16.5 Å². The molecule has 1 atom stereocenters. The lowest BCUT2D eigenvalue weighted by molar-refractivity contribution is 0.712. The number of nitrogens with zero attached hydrogens (tertiary/aromatic N) is 2. The summed E-state index contributed by atoms with van der Waals surface area (Å²) in [7, 11) is 0. The standard InChI is InChI=1S/C14H17N3/c1-10-3-5-12(6-4-10)13-8-16-14(17-9-13)11(2)7-15/h3-6,8-9,11H,7,15H2,1-2H3. The Bertz CT molecular complexity index is 474. The number of nitrogens with two attached hydrogens (primary N) is 1. The van der Waals surface area contributed by atoms with Gasteiger partial charge in [0.25, 0.3) is 0 Å². The Morgan fingerprint density at radius 3 is 2.18 bits per heavy atom. The minimum Gasteiger partial charge on any atom is -0.330 e. The zero-order chi connectivity index (χ0) is 12.3. The van der Waals surface area contributed by atoms with Crippen molar-refractivity contribution in [2.75, 3.05) is 6.54 Å². The Balaban J connectivity index is 2.26. The highest BCUT2D eigenvalue weighted by Gasteiger charge is 2.06. The highest BCUT2D eigenvalue weighted by molar-refractivity contribution is 5.61. The van der Waals surface area contributed by atoms with Gasteiger partial charge >= 0.3 is 0 Å². The van der Waals surface area contributed by atoms with Gasteiger partial charge in [0.2, 0.25) is 0 Å². The average Bonchev–Trinajstić information content (AvgIpc) is 2.39. The number of aryl methyl sites for hydroxylation is 1. The third-order valence-corrected chi connectivity index (χ3v) is 2.85. The van der Waals surface area contributed by atoms with Crippen LogP contribution in [0.4, 0.5) is 0 Å². The molecular weight excluding hydrogens is 210 g/mol. The van der Waals surface area contributed by atoms with Crippen molar-refractivity contribution in [2.45, 2.75) is 19.8 Å². The van der Waals surface area contributed by atoms with Gasteiger partial charge in [-0.2, -0.15) is 0 Å². The number of aromatic nitrogens is 2. The first-order chi connectivity index (χ1) is 8.20. The van der Waals surface area contributed by atoms with E-state index in [0.29, 0.717) is 6.54 Å². The summed E-state index contributed by atoms with van der Waals surface area (Å²) in [6.45, 7) is 4.68. The summed E-state index contributed by atoms with van der Waals surface area (Å²) in [5, 5.41) is 0. The molecule has 88 valence electrons. The lowest BCUT2D eigenvalue weighted by Gasteiger charge is -2.07. The van der Waals surface area contributed by atoms with E-state index >= 15 is 0 Å². The summed E-state index contributed by atoms with van der Waals surface area (Å²) in [6, 6.07) is 8.34. The summed E-state index contributed by atoms with van der Waals surface area (Å²) in [5.41, 5.74) is 9.02. The van der Waals surface area contributed by atoms with Crippen LogP contribution in [0.15, 0.2) is 36.7 Å². The van der Waals surface area contributed by atoms with E-state index < -0.39 is 0 Å². The van der Waals surface area contributed by atoms with Gasteiger partial charge in [-0.25, -0.2) is 9.97 Å². The van der Waals surface area contributed by atoms with Gasteiger partial charge in [0.1, 0.15) is 5.82 Å². The maximum absolute atomic E-state index is 5.59. The number of rotatable bonds is 3. The molecule has 0 amide bonds. The minimum absolute atomic E-state index is 0.210. The fraction of sp³-hybridized carbons (Fsp3) is 0.286. The molecule has 3 nitrogen and oxygen atoms in total. The predicted octanol–water partition coefficient (Wildman–Crippen LogP) is 2.51. The molecule has 0 aliphatic heterocycles. The first-order valence-corrected chi connectivity index (χ1v) is 5.79. The highest BCUT2D eigenvalue weighted by Crippen LogP contribution is 2.19. The lowest BCUT2D eigenvalue weighted by atomic mass is 10.1. The molecule has 2 aromatic rings. The molecule has 0 aliphatic carbocycles. The van der Waals surface area contributed by atoms with E-state index in [9.17, 15) is 0 Å². The second kappa shape index (κ2) is 5.06. The second-order valence-electron chi connectivity index (χ2n) is 4.33. The Morgan fingerprint density at radius 1 is 1.06 bits per heavy atom. The van der Waals surface area contributed by atoms with Gasteiger partial charge in [0.05, 0.1) is 0 Å². The quantitative estimate of drug-likeness (QED) is 0.876. The molecule has 0 saturated heterocycles. The predicted molar refractivity (Wildman–Crippen MR) is 69.7 cm³/mol. The number of benzene rings is 1. The monoisotopic (exact) mass is 227 g/mol. The van der Waals surface area contributed by atoms with E-state index in [-0.39, 0.29) is 5.92 Å². The summed E-state index contributed by atoms with van der Waals surface area (Å²) in [4.78, 5) is 8.71. The van der Waals surface area contributed by atoms with E-state index in [0.717, 1.165) is 17.0 Å². The average molecular weight is 227 g/mol. The molecule has 1 aromatic heterocycles. The molecule has 3 heteroatoms. The van der Waals surface area contributed by atoms with E-state index in [1.54, 1.807) is 0 Å². The van der Waals surface area contributed by atoms with Crippen molar-refractivity contribution in [3.63, 3.8) is 0 Å². The fourth-order valence-corrected chi connectivity index (χ4v) is 1.59. The van der Waals surface area contributed by atoms with Crippen LogP contribution >= 0.6 is 0 Å². The molecule has 2 N–H and O–H groups in total. The largest absolute Gasteiger partial charge is 0.330 e. The van der Waals surface area contributed by atoms with Crippen molar-refractivity contribution in [1.82, 2.24) is 9.97 Å². The van der Waals surface area contributed by atoms with E-state index in [1.807, 2.05) is 19.3 Å². The van der Waals surface area contributed by atoms with Gasteiger partial charge in [-0.1, -0.05) is 36.8 Å². The third-order valence-electron chi connectivity index (χ3n) is 2.85. The first kappa shape index (κ1) is 11.7. The van der Waals surface area contributed by atoms with Crippen LogP contribution in [0.5, 0.6) is 0 Å². The summed E-state index contributed by atoms with van der Waals surface area (Å²) < 4.78 is 0. The van der Waals surface area contributed by atoms with Crippen molar-refractivity contribution < 1.29 is 0 Å². The van der Waals surface area contributed by atoms with E-state index in [1.165, 1.54) is 5.56 Å². The normalized spacial score (nSPS) is 12.4. The number of hydrogen-bond acceptors (Lipinski definition) is 3. The molecule has 0 fully saturated rings. The van der Waals surface area contributed by atoms with Crippen LogP contribution in [-0.2, 0) is 0 Å². The fourth-order valence-electron chi connectivity index (χ4n) is 1.59. The van der Waals surface area contributed by atoms with Crippen molar-refractivity contribution in [3.05, 3.63) is 48.0 Å². The third kappa shape index (κ3) is 2.68. The van der Waals surface area contributed by atoms with Crippen LogP contribution < -0.4 is 5.73 Å². The van der Waals surface area contributed by atoms with E-state index in [4.69, 9.17) is 5.73 Å². The van der Waals surface area contributed by atoms with Crippen molar-refractivity contribution in [2.24, 2.45) is 5.73 Å². The van der Waals surface area contributed by atoms with Crippen molar-refractivity contribution >= 4 is 0 Å². The molecule has 17 heavy (non-hydrogen) atoms. The van der Waals surface area contributed by atoms with Crippen molar-refractivity contribution in [1.29, 1.82) is 0 Å². The zero-order valence-corrected chi connectivity index (χ0v) is 10.2. The molecule has 0 bridgehead atoms. The second-order valence-corrected chi connectivity index (χ2v) is 4.33. The Morgan fingerprint density at radius 2 is 1.65 bits per heavy atom. The summed E-state index contributed by atoms with van der Waals surface area (Å²) in [6.07, 6.45) is 3.72. The maximum atomic E-state index is 5.59. The molecular formula is C14H17N3. The molecule has 0 saturated carbocycles. The number of hydrogen-bond donors (Lipinski definition) is 1. The Kier molecular flexibility index (Phi) is 3.49. The minimum atomic E-state index is 0.210. The van der Waals surface area contributed by atoms with Crippen molar-refractivity contribution in [3.8, 4) is 11.1 Å². The molecule has 1 aromatic carbocycles. The molecule has 0 aliphatic rings. The van der Waals surface area contributed by atoms with Crippen LogP contribution in [0.2, 0.25) is 0 Å². The topological polar surface area (TPSA) is 51.8 Å². The van der Waals surface area contributed by atoms with Crippen LogP contribution in [0.3, 0.4) is 0 Å². The maximum Gasteiger partial charge on any atom is 0.132 e. The molecule has 0 radical (unpaired) electrons. The SMILES string of the molecule is Cc1ccc(-c2cnc(C(C)CN)nc2)cc1. The van der Waals surface area contributed by atoms with E-state index in [2.05, 4.69) is 41.2 Å². The Hall–Kier alpha value is -1.74. The van der Waals surface area contributed by atoms with Gasteiger partial charge in [-0.15, -0.1) is 0 Å². The highest BCUT2D eigenvalue weighted by atomic mass is 14.9.